The predicted molar refractivity (Wildman–Crippen MR) is 74.2 cm³/mol. The van der Waals surface area contributed by atoms with Crippen LogP contribution in [0.15, 0.2) is 40.3 Å². The fraction of sp³-hybridized carbons (Fsp3) is 0.133. The van der Waals surface area contributed by atoms with Crippen LogP contribution in [0.3, 0.4) is 0 Å². The normalized spacial score (nSPS) is 10.1. The van der Waals surface area contributed by atoms with E-state index >= 15 is 0 Å². The van der Waals surface area contributed by atoms with Crippen molar-refractivity contribution in [2.45, 2.75) is 13.5 Å². The van der Waals surface area contributed by atoms with E-state index in [1.165, 1.54) is 31.4 Å². The van der Waals surface area contributed by atoms with Gasteiger partial charge in [0.15, 0.2) is 5.76 Å². The van der Waals surface area contributed by atoms with Crippen LogP contribution in [0.4, 0.5) is 0 Å². The van der Waals surface area contributed by atoms with E-state index in [1.54, 1.807) is 6.07 Å². The van der Waals surface area contributed by atoms with Crippen LogP contribution in [0.1, 0.15) is 27.2 Å². The Morgan fingerprint density at radius 3 is 2.86 bits per heavy atom. The summed E-state index contributed by atoms with van der Waals surface area (Å²) in [5.74, 6) is -1.08. The number of aromatic nitrogens is 1. The monoisotopic (exact) mass is 284 g/mol. The second-order valence-electron chi connectivity index (χ2n) is 4.32. The molecule has 0 aliphatic heterocycles. The molecule has 0 aliphatic rings. The summed E-state index contributed by atoms with van der Waals surface area (Å²) >= 11 is 0. The van der Waals surface area contributed by atoms with Gasteiger partial charge in [-0.1, -0.05) is 6.08 Å². The molecule has 0 amide bonds. The molecule has 6 nitrogen and oxygen atoms in total. The third-order valence-electron chi connectivity index (χ3n) is 3.08. The van der Waals surface area contributed by atoms with Crippen molar-refractivity contribution >= 4 is 5.78 Å². The zero-order valence-corrected chi connectivity index (χ0v) is 11.3. The van der Waals surface area contributed by atoms with Crippen molar-refractivity contribution in [3.8, 4) is 11.9 Å². The van der Waals surface area contributed by atoms with Gasteiger partial charge in [-0.3, -0.25) is 14.2 Å². The van der Waals surface area contributed by atoms with Crippen LogP contribution < -0.4 is 5.56 Å². The fourth-order valence-corrected chi connectivity index (χ4v) is 2.05. The van der Waals surface area contributed by atoms with E-state index in [0.717, 1.165) is 4.57 Å². The Balaban J connectivity index is 2.80. The molecule has 0 radical (unpaired) electrons. The first kappa shape index (κ1) is 14.3. The summed E-state index contributed by atoms with van der Waals surface area (Å²) in [7, 11) is 0. The minimum absolute atomic E-state index is 0.0149. The molecule has 0 atom stereocenters. The highest BCUT2D eigenvalue weighted by atomic mass is 16.3. The van der Waals surface area contributed by atoms with Crippen LogP contribution >= 0.6 is 0 Å². The number of furan rings is 1. The van der Waals surface area contributed by atoms with Crippen molar-refractivity contribution in [3.05, 3.63) is 63.9 Å². The first-order chi connectivity index (χ1) is 10.0. The van der Waals surface area contributed by atoms with Gasteiger partial charge >= 0.3 is 0 Å². The van der Waals surface area contributed by atoms with E-state index in [4.69, 9.17) is 9.68 Å². The molecule has 6 heteroatoms. The van der Waals surface area contributed by atoms with Crippen molar-refractivity contribution in [2.75, 3.05) is 0 Å². The first-order valence-corrected chi connectivity index (χ1v) is 6.08. The summed E-state index contributed by atoms with van der Waals surface area (Å²) in [5, 5.41) is 19.3. The van der Waals surface area contributed by atoms with Crippen LogP contribution in [0.25, 0.3) is 0 Å². The Kier molecular flexibility index (Phi) is 3.76. The number of nitrogens with zero attached hydrogens (tertiary/aromatic N) is 2. The minimum atomic E-state index is -0.664. The number of carbonyl (C=O) groups is 1. The Labute approximate surface area is 120 Å². The maximum atomic E-state index is 12.4. The number of hydrogen-bond acceptors (Lipinski definition) is 5. The molecule has 0 spiro atoms. The molecular weight excluding hydrogens is 272 g/mol. The second-order valence-corrected chi connectivity index (χ2v) is 4.32. The van der Waals surface area contributed by atoms with E-state index < -0.39 is 17.2 Å². The van der Waals surface area contributed by atoms with Crippen molar-refractivity contribution in [1.82, 2.24) is 4.57 Å². The number of rotatable bonds is 4. The molecule has 2 rings (SSSR count). The summed E-state index contributed by atoms with van der Waals surface area (Å²) in [6, 6.07) is 4.74. The molecule has 2 aromatic rings. The van der Waals surface area contributed by atoms with Gasteiger partial charge in [0.1, 0.15) is 11.6 Å². The molecule has 0 aromatic carbocycles. The fourth-order valence-electron chi connectivity index (χ4n) is 2.05. The molecule has 0 bridgehead atoms. The Bertz CT molecular complexity index is 808. The van der Waals surface area contributed by atoms with E-state index in [9.17, 15) is 14.7 Å². The molecule has 0 saturated heterocycles. The summed E-state index contributed by atoms with van der Waals surface area (Å²) in [6.07, 6.45) is 2.71. The van der Waals surface area contributed by atoms with Crippen LogP contribution in [0.5, 0.6) is 5.88 Å². The van der Waals surface area contributed by atoms with E-state index in [-0.39, 0.29) is 29.0 Å². The van der Waals surface area contributed by atoms with Gasteiger partial charge in [0.2, 0.25) is 11.7 Å². The average molecular weight is 284 g/mol. The summed E-state index contributed by atoms with van der Waals surface area (Å²) in [4.78, 5) is 24.5. The lowest BCUT2D eigenvalue weighted by molar-refractivity contribution is 0.100. The van der Waals surface area contributed by atoms with E-state index in [2.05, 4.69) is 6.58 Å². The number of aromatic hydroxyl groups is 1. The lowest BCUT2D eigenvalue weighted by atomic mass is 10.0. The van der Waals surface area contributed by atoms with Crippen molar-refractivity contribution in [3.63, 3.8) is 0 Å². The topological polar surface area (TPSA) is 96.2 Å². The van der Waals surface area contributed by atoms with E-state index in [1.807, 2.05) is 0 Å². The highest BCUT2D eigenvalue weighted by Crippen LogP contribution is 2.25. The van der Waals surface area contributed by atoms with Crippen LogP contribution in [-0.4, -0.2) is 15.5 Å². The average Bonchev–Trinajstić information content (AvgIpc) is 2.98. The molecule has 21 heavy (non-hydrogen) atoms. The molecule has 0 saturated carbocycles. The number of nitriles is 1. The molecule has 2 aromatic heterocycles. The van der Waals surface area contributed by atoms with Gasteiger partial charge in [-0.05, 0) is 24.6 Å². The summed E-state index contributed by atoms with van der Waals surface area (Å²) in [5.41, 5.74) is -0.849. The zero-order valence-electron chi connectivity index (χ0n) is 11.3. The second kappa shape index (κ2) is 5.51. The van der Waals surface area contributed by atoms with Crippen LogP contribution in [0, 0.1) is 18.3 Å². The summed E-state index contributed by atoms with van der Waals surface area (Å²) < 4.78 is 5.94. The summed E-state index contributed by atoms with van der Waals surface area (Å²) in [6.45, 7) is 4.91. The molecule has 2 heterocycles. The van der Waals surface area contributed by atoms with Gasteiger partial charge in [0, 0.05) is 6.54 Å². The van der Waals surface area contributed by atoms with Gasteiger partial charge in [-0.15, -0.1) is 6.58 Å². The smallest absolute Gasteiger partial charge is 0.271 e. The van der Waals surface area contributed by atoms with Crippen molar-refractivity contribution in [1.29, 1.82) is 5.26 Å². The molecule has 106 valence electrons. The molecule has 0 unspecified atom stereocenters. The molecular formula is C15H12N2O4. The quantitative estimate of drug-likeness (QED) is 0.681. The SMILES string of the molecule is C=CCn1c(O)c(C(=O)c2ccco2)c(C)c(C#N)c1=O. The molecule has 1 N–H and O–H groups in total. The zero-order chi connectivity index (χ0) is 15.6. The Morgan fingerprint density at radius 1 is 1.62 bits per heavy atom. The van der Waals surface area contributed by atoms with Gasteiger partial charge in [-0.2, -0.15) is 5.26 Å². The van der Waals surface area contributed by atoms with Gasteiger partial charge in [0.05, 0.1) is 11.8 Å². The highest BCUT2D eigenvalue weighted by Gasteiger charge is 2.25. The minimum Gasteiger partial charge on any atom is -0.494 e. The lowest BCUT2D eigenvalue weighted by Crippen LogP contribution is -2.26. The number of pyridine rings is 1. The molecule has 0 fully saturated rings. The van der Waals surface area contributed by atoms with Gasteiger partial charge < -0.3 is 9.52 Å². The number of hydrogen-bond donors (Lipinski definition) is 1. The number of ketones is 1. The standard InChI is InChI=1S/C15H12N2O4/c1-3-6-17-14(19)10(8-16)9(2)12(15(17)20)13(18)11-5-4-7-21-11/h3-5,7,20H,1,6H2,2H3. The number of allylic oxidation sites excluding steroid dienone is 1. The number of carbonyl (C=O) groups excluding carboxylic acids is 1. The van der Waals surface area contributed by atoms with Crippen molar-refractivity contribution in [2.24, 2.45) is 0 Å². The predicted octanol–water partition coefficient (Wildman–Crippen LogP) is 1.74. The van der Waals surface area contributed by atoms with Crippen LogP contribution in [-0.2, 0) is 6.54 Å². The highest BCUT2D eigenvalue weighted by molar-refractivity contribution is 6.09. The molecule has 0 aliphatic carbocycles. The Morgan fingerprint density at radius 2 is 2.33 bits per heavy atom. The van der Waals surface area contributed by atoms with Crippen molar-refractivity contribution < 1.29 is 14.3 Å². The van der Waals surface area contributed by atoms with Crippen LogP contribution in [0.2, 0.25) is 0 Å². The first-order valence-electron chi connectivity index (χ1n) is 6.08. The van der Waals surface area contributed by atoms with Gasteiger partial charge in [-0.25, -0.2) is 0 Å². The maximum absolute atomic E-state index is 12.4. The largest absolute Gasteiger partial charge is 0.494 e. The Hall–Kier alpha value is -3.07. The lowest BCUT2D eigenvalue weighted by Gasteiger charge is -2.13. The maximum Gasteiger partial charge on any atom is 0.271 e. The third-order valence-corrected chi connectivity index (χ3v) is 3.08. The third kappa shape index (κ3) is 2.25. The van der Waals surface area contributed by atoms with E-state index in [0.29, 0.717) is 0 Å². The van der Waals surface area contributed by atoms with Gasteiger partial charge in [0.25, 0.3) is 5.56 Å².